The number of esters is 1. The van der Waals surface area contributed by atoms with Crippen molar-refractivity contribution >= 4 is 18.4 Å². The number of ether oxygens (including phenoxy) is 2. The summed E-state index contributed by atoms with van der Waals surface area (Å²) in [5.41, 5.74) is 7.87. The van der Waals surface area contributed by atoms with E-state index < -0.39 is 6.04 Å². The fraction of sp³-hybridized carbons (Fsp3) is 0.533. The zero-order valence-corrected chi connectivity index (χ0v) is 13.3. The van der Waals surface area contributed by atoms with Crippen LogP contribution in [-0.2, 0) is 16.0 Å². The summed E-state index contributed by atoms with van der Waals surface area (Å²) in [5.74, 6) is 0.953. The third-order valence-electron chi connectivity index (χ3n) is 2.84. The second kappa shape index (κ2) is 8.82. The summed E-state index contributed by atoms with van der Waals surface area (Å²) >= 11 is 0. The van der Waals surface area contributed by atoms with E-state index in [1.807, 2.05) is 25.1 Å². The lowest BCUT2D eigenvalue weighted by molar-refractivity contribution is -0.142. The minimum atomic E-state index is -0.619. The molecule has 0 radical (unpaired) electrons. The van der Waals surface area contributed by atoms with E-state index in [0.717, 1.165) is 16.9 Å². The normalized spacial score (nSPS) is 11.7. The number of nitrogens with two attached hydrogens (primary N) is 1. The van der Waals surface area contributed by atoms with Crippen LogP contribution in [-0.4, -0.2) is 25.7 Å². The SMILES string of the molecule is COC(=O)C(N)Cc1ccc(OCC(C)C)cc1C.Cl. The van der Waals surface area contributed by atoms with Crippen molar-refractivity contribution in [1.29, 1.82) is 0 Å². The van der Waals surface area contributed by atoms with Crippen LogP contribution in [0.25, 0.3) is 0 Å². The Labute approximate surface area is 127 Å². The zero-order valence-electron chi connectivity index (χ0n) is 12.5. The highest BCUT2D eigenvalue weighted by Crippen LogP contribution is 2.19. The van der Waals surface area contributed by atoms with Gasteiger partial charge in [-0.15, -0.1) is 12.4 Å². The van der Waals surface area contributed by atoms with Crippen LogP contribution in [0.5, 0.6) is 5.75 Å². The Bertz CT molecular complexity index is 435. The van der Waals surface area contributed by atoms with Gasteiger partial charge in [0.15, 0.2) is 0 Å². The quantitative estimate of drug-likeness (QED) is 0.820. The Kier molecular flexibility index (Phi) is 8.26. The first kappa shape index (κ1) is 18.7. The zero-order chi connectivity index (χ0) is 14.4. The molecule has 0 bridgehead atoms. The minimum absolute atomic E-state index is 0. The minimum Gasteiger partial charge on any atom is -0.493 e. The molecule has 0 fully saturated rings. The average molecular weight is 302 g/mol. The fourth-order valence-corrected chi connectivity index (χ4v) is 1.72. The molecule has 0 aromatic heterocycles. The topological polar surface area (TPSA) is 61.5 Å². The van der Waals surface area contributed by atoms with E-state index in [2.05, 4.69) is 18.6 Å². The van der Waals surface area contributed by atoms with Gasteiger partial charge in [-0.3, -0.25) is 4.79 Å². The van der Waals surface area contributed by atoms with Crippen LogP contribution < -0.4 is 10.5 Å². The highest BCUT2D eigenvalue weighted by molar-refractivity contribution is 5.85. The van der Waals surface area contributed by atoms with Gasteiger partial charge in [0, 0.05) is 0 Å². The largest absolute Gasteiger partial charge is 0.493 e. The molecule has 1 unspecified atom stereocenters. The second-order valence-corrected chi connectivity index (χ2v) is 5.13. The predicted molar refractivity (Wildman–Crippen MR) is 82.5 cm³/mol. The number of hydrogen-bond donors (Lipinski definition) is 1. The Morgan fingerprint density at radius 1 is 1.35 bits per heavy atom. The molecule has 0 heterocycles. The van der Waals surface area contributed by atoms with E-state index in [4.69, 9.17) is 10.5 Å². The van der Waals surface area contributed by atoms with Gasteiger partial charge < -0.3 is 15.2 Å². The van der Waals surface area contributed by atoms with Crippen LogP contribution >= 0.6 is 12.4 Å². The van der Waals surface area contributed by atoms with E-state index in [9.17, 15) is 4.79 Å². The molecule has 0 aliphatic heterocycles. The lowest BCUT2D eigenvalue weighted by atomic mass is 10.0. The Morgan fingerprint density at radius 3 is 2.50 bits per heavy atom. The number of rotatable bonds is 6. The molecule has 0 spiro atoms. The molecule has 2 N–H and O–H groups in total. The van der Waals surface area contributed by atoms with Crippen molar-refractivity contribution in [3.05, 3.63) is 29.3 Å². The number of carbonyl (C=O) groups excluding carboxylic acids is 1. The second-order valence-electron chi connectivity index (χ2n) is 5.13. The molecule has 0 aliphatic carbocycles. The third-order valence-corrected chi connectivity index (χ3v) is 2.84. The Balaban J connectivity index is 0.00000361. The van der Waals surface area contributed by atoms with E-state index in [0.29, 0.717) is 18.9 Å². The van der Waals surface area contributed by atoms with Crippen molar-refractivity contribution in [3.8, 4) is 5.75 Å². The molecular formula is C15H24ClNO3. The van der Waals surface area contributed by atoms with Gasteiger partial charge in [-0.1, -0.05) is 19.9 Å². The van der Waals surface area contributed by atoms with Gasteiger partial charge in [-0.2, -0.15) is 0 Å². The van der Waals surface area contributed by atoms with Gasteiger partial charge in [0.25, 0.3) is 0 Å². The number of aryl methyl sites for hydroxylation is 1. The molecule has 114 valence electrons. The Hall–Kier alpha value is -1.26. The maximum atomic E-state index is 11.3. The fourth-order valence-electron chi connectivity index (χ4n) is 1.72. The van der Waals surface area contributed by atoms with Crippen molar-refractivity contribution in [2.24, 2.45) is 11.7 Å². The molecule has 1 atom stereocenters. The lowest BCUT2D eigenvalue weighted by Gasteiger charge is -2.14. The predicted octanol–water partition coefficient (Wildman–Crippen LogP) is 2.49. The van der Waals surface area contributed by atoms with Crippen molar-refractivity contribution in [2.45, 2.75) is 33.2 Å². The molecule has 20 heavy (non-hydrogen) atoms. The summed E-state index contributed by atoms with van der Waals surface area (Å²) < 4.78 is 10.3. The number of benzene rings is 1. The molecule has 4 nitrogen and oxygen atoms in total. The van der Waals surface area contributed by atoms with Gasteiger partial charge >= 0.3 is 5.97 Å². The average Bonchev–Trinajstić information content (AvgIpc) is 2.38. The number of methoxy groups -OCH3 is 1. The van der Waals surface area contributed by atoms with E-state index in [1.165, 1.54) is 7.11 Å². The molecule has 1 rings (SSSR count). The number of carbonyl (C=O) groups is 1. The molecule has 5 heteroatoms. The van der Waals surface area contributed by atoms with Crippen molar-refractivity contribution in [2.75, 3.05) is 13.7 Å². The molecular weight excluding hydrogens is 278 g/mol. The summed E-state index contributed by atoms with van der Waals surface area (Å²) in [6, 6.07) is 5.22. The first-order valence-electron chi connectivity index (χ1n) is 6.49. The summed E-state index contributed by atoms with van der Waals surface area (Å²) in [5, 5.41) is 0. The summed E-state index contributed by atoms with van der Waals surface area (Å²) in [6.07, 6.45) is 0.475. The van der Waals surface area contributed by atoms with Gasteiger partial charge in [0.05, 0.1) is 13.7 Å². The van der Waals surface area contributed by atoms with Gasteiger partial charge in [-0.05, 0) is 42.5 Å². The smallest absolute Gasteiger partial charge is 0.322 e. The first-order chi connectivity index (χ1) is 8.93. The molecule has 0 saturated carbocycles. The molecule has 1 aromatic carbocycles. The van der Waals surface area contributed by atoms with Crippen LogP contribution in [0.15, 0.2) is 18.2 Å². The van der Waals surface area contributed by atoms with Crippen LogP contribution in [0, 0.1) is 12.8 Å². The molecule has 0 aliphatic rings. The van der Waals surface area contributed by atoms with Crippen molar-refractivity contribution < 1.29 is 14.3 Å². The highest BCUT2D eigenvalue weighted by Gasteiger charge is 2.15. The van der Waals surface area contributed by atoms with Crippen molar-refractivity contribution in [1.82, 2.24) is 0 Å². The van der Waals surface area contributed by atoms with Crippen LogP contribution in [0.3, 0.4) is 0 Å². The van der Waals surface area contributed by atoms with Crippen molar-refractivity contribution in [3.63, 3.8) is 0 Å². The molecule has 0 saturated heterocycles. The summed E-state index contributed by atoms with van der Waals surface area (Å²) in [6.45, 7) is 6.90. The third kappa shape index (κ3) is 5.80. The standard InChI is InChI=1S/C15H23NO3.ClH/c1-10(2)9-19-13-6-5-12(11(3)7-13)8-14(16)15(17)18-4;/h5-7,10,14H,8-9,16H2,1-4H3;1H. The van der Waals surface area contributed by atoms with Gasteiger partial charge in [0.2, 0.25) is 0 Å². The summed E-state index contributed by atoms with van der Waals surface area (Å²) in [4.78, 5) is 11.3. The highest BCUT2D eigenvalue weighted by atomic mass is 35.5. The number of hydrogen-bond acceptors (Lipinski definition) is 4. The Morgan fingerprint density at radius 2 is 2.00 bits per heavy atom. The van der Waals surface area contributed by atoms with E-state index >= 15 is 0 Å². The first-order valence-corrected chi connectivity index (χ1v) is 6.49. The van der Waals surface area contributed by atoms with E-state index in [-0.39, 0.29) is 18.4 Å². The van der Waals surface area contributed by atoms with E-state index in [1.54, 1.807) is 0 Å². The van der Waals surface area contributed by atoms with Gasteiger partial charge in [-0.25, -0.2) is 0 Å². The lowest BCUT2D eigenvalue weighted by Crippen LogP contribution is -2.33. The van der Waals surface area contributed by atoms with Gasteiger partial charge in [0.1, 0.15) is 11.8 Å². The molecule has 0 amide bonds. The van der Waals surface area contributed by atoms with Crippen LogP contribution in [0.2, 0.25) is 0 Å². The maximum absolute atomic E-state index is 11.3. The number of halogens is 1. The van der Waals surface area contributed by atoms with Crippen LogP contribution in [0.4, 0.5) is 0 Å². The maximum Gasteiger partial charge on any atom is 0.322 e. The molecule has 1 aromatic rings. The van der Waals surface area contributed by atoms with Crippen LogP contribution in [0.1, 0.15) is 25.0 Å². The monoisotopic (exact) mass is 301 g/mol. The summed E-state index contributed by atoms with van der Waals surface area (Å²) in [7, 11) is 1.35.